The fraction of sp³-hybridized carbons (Fsp3) is 0.385. The number of rotatable bonds is 3. The first kappa shape index (κ1) is 13.5. The van der Waals surface area contributed by atoms with E-state index in [0.717, 1.165) is 5.56 Å². The van der Waals surface area contributed by atoms with Crippen molar-refractivity contribution in [2.24, 2.45) is 0 Å². The normalized spacial score (nSPS) is 18.7. The largest absolute Gasteiger partial charge is 0.465 e. The van der Waals surface area contributed by atoms with Crippen LogP contribution in [0.2, 0.25) is 0 Å². The minimum absolute atomic E-state index is 0.00678. The van der Waals surface area contributed by atoms with Crippen molar-refractivity contribution in [2.75, 3.05) is 19.6 Å². The summed E-state index contributed by atoms with van der Waals surface area (Å²) in [7, 11) is 0. The summed E-state index contributed by atoms with van der Waals surface area (Å²) in [5.41, 5.74) is 0.910. The molecule has 2 heterocycles. The molecule has 1 amide bonds. The molecule has 8 nitrogen and oxygen atoms in total. The van der Waals surface area contributed by atoms with E-state index in [1.54, 1.807) is 0 Å². The van der Waals surface area contributed by atoms with E-state index in [0.29, 0.717) is 32.0 Å². The number of amides is 1. The first-order valence-electron chi connectivity index (χ1n) is 6.77. The first-order chi connectivity index (χ1) is 10.2. The van der Waals surface area contributed by atoms with E-state index in [1.165, 1.54) is 9.70 Å². The second-order valence-electron chi connectivity index (χ2n) is 4.91. The van der Waals surface area contributed by atoms with E-state index in [-0.39, 0.29) is 6.04 Å². The Bertz CT molecular complexity index is 614. The van der Waals surface area contributed by atoms with Crippen molar-refractivity contribution in [3.05, 3.63) is 30.3 Å². The molecule has 3 rings (SSSR count). The molecule has 0 bridgehead atoms. The van der Waals surface area contributed by atoms with Crippen LogP contribution in [0.3, 0.4) is 0 Å². The van der Waals surface area contributed by atoms with Gasteiger partial charge in [-0.05, 0) is 5.21 Å². The Morgan fingerprint density at radius 3 is 2.95 bits per heavy atom. The average Bonchev–Trinajstić information content (AvgIpc) is 2.97. The van der Waals surface area contributed by atoms with Gasteiger partial charge in [-0.25, -0.2) is 4.79 Å². The van der Waals surface area contributed by atoms with Crippen LogP contribution in [0.4, 0.5) is 4.79 Å². The monoisotopic (exact) mass is 288 g/mol. The van der Waals surface area contributed by atoms with Crippen LogP contribution < -0.4 is 5.32 Å². The van der Waals surface area contributed by atoms with Gasteiger partial charge in [-0.15, -0.1) is 10.2 Å². The SMILES string of the molecule is O=C(O)N1CCN[C@H](Cn2nnc(-c3ccccc3)n2)C1. The molecule has 2 aromatic rings. The summed E-state index contributed by atoms with van der Waals surface area (Å²) in [5, 5.41) is 24.7. The summed E-state index contributed by atoms with van der Waals surface area (Å²) in [6, 6.07) is 9.61. The minimum atomic E-state index is -0.891. The van der Waals surface area contributed by atoms with Crippen LogP contribution in [0.15, 0.2) is 30.3 Å². The van der Waals surface area contributed by atoms with Crippen LogP contribution in [-0.4, -0.2) is 62.0 Å². The van der Waals surface area contributed by atoms with E-state index in [1.807, 2.05) is 30.3 Å². The van der Waals surface area contributed by atoms with Gasteiger partial charge < -0.3 is 15.3 Å². The van der Waals surface area contributed by atoms with Crippen LogP contribution in [0.1, 0.15) is 0 Å². The predicted octanol–water partition coefficient (Wildman–Crippen LogP) is 0.292. The predicted molar refractivity (Wildman–Crippen MR) is 74.6 cm³/mol. The highest BCUT2D eigenvalue weighted by Gasteiger charge is 2.23. The van der Waals surface area contributed by atoms with Crippen molar-refractivity contribution in [1.82, 2.24) is 30.4 Å². The smallest absolute Gasteiger partial charge is 0.407 e. The van der Waals surface area contributed by atoms with Crippen LogP contribution in [-0.2, 0) is 6.54 Å². The summed E-state index contributed by atoms with van der Waals surface area (Å²) in [4.78, 5) is 13.9. The Hall–Kier alpha value is -2.48. The van der Waals surface area contributed by atoms with Crippen molar-refractivity contribution >= 4 is 6.09 Å². The number of nitrogens with one attached hydrogen (secondary N) is 1. The van der Waals surface area contributed by atoms with Crippen LogP contribution in [0.25, 0.3) is 11.4 Å². The maximum atomic E-state index is 11.0. The number of benzene rings is 1. The Kier molecular flexibility index (Phi) is 3.78. The van der Waals surface area contributed by atoms with E-state index < -0.39 is 6.09 Å². The van der Waals surface area contributed by atoms with Crippen molar-refractivity contribution in [2.45, 2.75) is 12.6 Å². The summed E-state index contributed by atoms with van der Waals surface area (Å²) in [6.45, 7) is 2.06. The van der Waals surface area contributed by atoms with Crippen molar-refractivity contribution < 1.29 is 9.90 Å². The Balaban J connectivity index is 1.66. The standard InChI is InChI=1S/C13H16N6O2/c20-13(21)18-7-6-14-11(8-18)9-19-16-12(15-17-19)10-4-2-1-3-5-10/h1-5,11,14H,6-9H2,(H,20,21)/t11-/m0/s1. The molecule has 21 heavy (non-hydrogen) atoms. The molecule has 1 aromatic carbocycles. The van der Waals surface area contributed by atoms with Gasteiger partial charge in [-0.3, -0.25) is 0 Å². The van der Waals surface area contributed by atoms with Gasteiger partial charge in [0, 0.05) is 31.2 Å². The van der Waals surface area contributed by atoms with E-state index in [2.05, 4.69) is 20.7 Å². The molecule has 1 saturated heterocycles. The fourth-order valence-corrected chi connectivity index (χ4v) is 2.34. The van der Waals surface area contributed by atoms with Crippen LogP contribution in [0.5, 0.6) is 0 Å². The molecule has 1 fully saturated rings. The number of hydrogen-bond donors (Lipinski definition) is 2. The molecule has 1 aromatic heterocycles. The number of piperazine rings is 1. The molecule has 0 radical (unpaired) electrons. The lowest BCUT2D eigenvalue weighted by atomic mass is 10.2. The zero-order valence-electron chi connectivity index (χ0n) is 11.4. The Labute approximate surface area is 121 Å². The molecule has 8 heteroatoms. The zero-order chi connectivity index (χ0) is 14.7. The summed E-state index contributed by atoms with van der Waals surface area (Å²) in [5.74, 6) is 0.571. The lowest BCUT2D eigenvalue weighted by molar-refractivity contribution is 0.124. The van der Waals surface area contributed by atoms with Gasteiger partial charge in [0.15, 0.2) is 0 Å². The van der Waals surface area contributed by atoms with Gasteiger partial charge in [-0.1, -0.05) is 30.3 Å². The number of aromatic nitrogens is 4. The summed E-state index contributed by atoms with van der Waals surface area (Å²) >= 11 is 0. The molecular weight excluding hydrogens is 272 g/mol. The molecule has 1 atom stereocenters. The molecule has 0 unspecified atom stereocenters. The molecular formula is C13H16N6O2. The van der Waals surface area contributed by atoms with E-state index in [9.17, 15) is 4.79 Å². The van der Waals surface area contributed by atoms with Gasteiger partial charge in [0.05, 0.1) is 6.54 Å². The molecule has 110 valence electrons. The highest BCUT2D eigenvalue weighted by molar-refractivity contribution is 5.65. The highest BCUT2D eigenvalue weighted by Crippen LogP contribution is 2.12. The highest BCUT2D eigenvalue weighted by atomic mass is 16.4. The molecule has 0 saturated carbocycles. The number of nitrogens with zero attached hydrogens (tertiary/aromatic N) is 5. The Morgan fingerprint density at radius 2 is 2.19 bits per heavy atom. The summed E-state index contributed by atoms with van der Waals surface area (Å²) in [6.07, 6.45) is -0.891. The second kappa shape index (κ2) is 5.88. The van der Waals surface area contributed by atoms with Gasteiger partial charge in [-0.2, -0.15) is 4.80 Å². The lowest BCUT2D eigenvalue weighted by Crippen LogP contribution is -2.53. The zero-order valence-corrected chi connectivity index (χ0v) is 11.4. The van der Waals surface area contributed by atoms with Gasteiger partial charge in [0.1, 0.15) is 0 Å². The molecule has 1 aliphatic heterocycles. The minimum Gasteiger partial charge on any atom is -0.465 e. The number of hydrogen-bond acceptors (Lipinski definition) is 5. The average molecular weight is 288 g/mol. The molecule has 0 aliphatic carbocycles. The van der Waals surface area contributed by atoms with Gasteiger partial charge in [0.25, 0.3) is 0 Å². The van der Waals surface area contributed by atoms with E-state index >= 15 is 0 Å². The van der Waals surface area contributed by atoms with E-state index in [4.69, 9.17) is 5.11 Å². The molecule has 1 aliphatic rings. The first-order valence-corrected chi connectivity index (χ1v) is 6.77. The number of tetrazole rings is 1. The second-order valence-corrected chi connectivity index (χ2v) is 4.91. The Morgan fingerprint density at radius 1 is 1.38 bits per heavy atom. The lowest BCUT2D eigenvalue weighted by Gasteiger charge is -2.31. The third-order valence-electron chi connectivity index (χ3n) is 3.39. The molecule has 2 N–H and O–H groups in total. The molecule has 0 spiro atoms. The van der Waals surface area contributed by atoms with Crippen molar-refractivity contribution in [1.29, 1.82) is 0 Å². The van der Waals surface area contributed by atoms with Crippen LogP contribution >= 0.6 is 0 Å². The topological polar surface area (TPSA) is 96.2 Å². The third kappa shape index (κ3) is 3.16. The quantitative estimate of drug-likeness (QED) is 0.843. The van der Waals surface area contributed by atoms with Gasteiger partial charge in [0.2, 0.25) is 5.82 Å². The van der Waals surface area contributed by atoms with Crippen molar-refractivity contribution in [3.8, 4) is 11.4 Å². The fourth-order valence-electron chi connectivity index (χ4n) is 2.34. The number of carboxylic acid groups (broad SMARTS) is 1. The maximum Gasteiger partial charge on any atom is 0.407 e. The summed E-state index contributed by atoms with van der Waals surface area (Å²) < 4.78 is 0. The van der Waals surface area contributed by atoms with Gasteiger partial charge >= 0.3 is 6.09 Å². The third-order valence-corrected chi connectivity index (χ3v) is 3.39. The van der Waals surface area contributed by atoms with Crippen molar-refractivity contribution in [3.63, 3.8) is 0 Å². The maximum absolute atomic E-state index is 11.0. The van der Waals surface area contributed by atoms with Crippen LogP contribution in [0, 0.1) is 0 Å². The number of carbonyl (C=O) groups is 1.